The highest BCUT2D eigenvalue weighted by atomic mass is 32.1. The van der Waals surface area contributed by atoms with Crippen LogP contribution in [-0.4, -0.2) is 20.1 Å². The molecule has 0 bridgehead atoms. The van der Waals surface area contributed by atoms with E-state index < -0.39 is 0 Å². The molecule has 1 atom stereocenters. The van der Waals surface area contributed by atoms with Crippen molar-refractivity contribution in [3.8, 4) is 22.6 Å². The van der Waals surface area contributed by atoms with Gasteiger partial charge in [0.2, 0.25) is 0 Å². The van der Waals surface area contributed by atoms with E-state index >= 15 is 0 Å². The topological polar surface area (TPSA) is 47.6 Å². The van der Waals surface area contributed by atoms with Gasteiger partial charge in [-0.3, -0.25) is 4.79 Å². The monoisotopic (exact) mass is 381 g/mol. The van der Waals surface area contributed by atoms with Crippen LogP contribution in [0, 0.1) is 6.92 Å². The van der Waals surface area contributed by atoms with Crippen LogP contribution in [0.5, 0.6) is 11.5 Å². The van der Waals surface area contributed by atoms with Crippen LogP contribution in [0.25, 0.3) is 11.1 Å². The molecule has 0 fully saturated rings. The summed E-state index contributed by atoms with van der Waals surface area (Å²) in [5.41, 5.74) is 3.71. The highest BCUT2D eigenvalue weighted by molar-refractivity contribution is 7.10. The van der Waals surface area contributed by atoms with Crippen LogP contribution in [0.4, 0.5) is 0 Å². The number of benzene rings is 2. The smallest absolute Gasteiger partial charge is 0.253 e. The van der Waals surface area contributed by atoms with Gasteiger partial charge in [-0.05, 0) is 37.1 Å². The van der Waals surface area contributed by atoms with Crippen molar-refractivity contribution < 1.29 is 14.3 Å². The predicted molar refractivity (Wildman–Crippen MR) is 110 cm³/mol. The SMILES string of the molecule is COc1ccc(C(C)NC(=O)c2csc(C)c2-c2ccccc2)cc1OC. The van der Waals surface area contributed by atoms with Crippen molar-refractivity contribution in [2.45, 2.75) is 19.9 Å². The summed E-state index contributed by atoms with van der Waals surface area (Å²) in [4.78, 5) is 14.1. The zero-order valence-corrected chi connectivity index (χ0v) is 16.7. The van der Waals surface area contributed by atoms with Crippen LogP contribution in [0.1, 0.15) is 33.8 Å². The van der Waals surface area contributed by atoms with E-state index in [4.69, 9.17) is 9.47 Å². The van der Waals surface area contributed by atoms with Crippen LogP contribution in [-0.2, 0) is 0 Å². The van der Waals surface area contributed by atoms with E-state index in [9.17, 15) is 4.79 Å². The van der Waals surface area contributed by atoms with Crippen LogP contribution in [0.3, 0.4) is 0 Å². The Bertz CT molecular complexity index is 934. The van der Waals surface area contributed by atoms with Crippen molar-refractivity contribution in [3.05, 3.63) is 69.9 Å². The van der Waals surface area contributed by atoms with Crippen molar-refractivity contribution in [2.24, 2.45) is 0 Å². The van der Waals surface area contributed by atoms with Gasteiger partial charge in [-0.15, -0.1) is 11.3 Å². The minimum Gasteiger partial charge on any atom is -0.493 e. The molecule has 1 aromatic heterocycles. The maximum absolute atomic E-state index is 13.0. The molecule has 0 radical (unpaired) electrons. The van der Waals surface area contributed by atoms with Crippen LogP contribution in [0.2, 0.25) is 0 Å². The number of hydrogen-bond acceptors (Lipinski definition) is 4. The summed E-state index contributed by atoms with van der Waals surface area (Å²) in [5.74, 6) is 1.23. The van der Waals surface area contributed by atoms with E-state index in [-0.39, 0.29) is 11.9 Å². The molecule has 0 spiro atoms. The number of nitrogens with one attached hydrogen (secondary N) is 1. The highest BCUT2D eigenvalue weighted by Crippen LogP contribution is 2.33. The molecule has 4 nitrogen and oxygen atoms in total. The maximum atomic E-state index is 13.0. The number of methoxy groups -OCH3 is 2. The zero-order valence-electron chi connectivity index (χ0n) is 15.9. The third-order valence-electron chi connectivity index (χ3n) is 4.54. The second kappa shape index (κ2) is 8.27. The van der Waals surface area contributed by atoms with Gasteiger partial charge in [0, 0.05) is 15.8 Å². The molecule has 140 valence electrons. The van der Waals surface area contributed by atoms with Gasteiger partial charge in [0.1, 0.15) is 0 Å². The normalized spacial score (nSPS) is 11.7. The number of carbonyl (C=O) groups excluding carboxylic acids is 1. The molecule has 0 saturated carbocycles. The molecule has 0 aliphatic heterocycles. The molecule has 0 saturated heterocycles. The molecule has 2 aromatic carbocycles. The Balaban J connectivity index is 1.84. The first-order valence-electron chi connectivity index (χ1n) is 8.71. The molecule has 1 amide bonds. The number of carbonyl (C=O) groups is 1. The van der Waals surface area contributed by atoms with Crippen LogP contribution in [0.15, 0.2) is 53.9 Å². The van der Waals surface area contributed by atoms with Gasteiger partial charge in [0.05, 0.1) is 25.8 Å². The Kier molecular flexibility index (Phi) is 5.81. The van der Waals surface area contributed by atoms with E-state index in [0.29, 0.717) is 17.1 Å². The summed E-state index contributed by atoms with van der Waals surface area (Å²) < 4.78 is 10.6. The molecule has 1 N–H and O–H groups in total. The summed E-state index contributed by atoms with van der Waals surface area (Å²) in [7, 11) is 3.21. The molecular formula is C22H23NO3S. The van der Waals surface area contributed by atoms with Gasteiger partial charge in [-0.25, -0.2) is 0 Å². The fraction of sp³-hybridized carbons (Fsp3) is 0.227. The van der Waals surface area contributed by atoms with E-state index in [1.54, 1.807) is 25.6 Å². The molecule has 5 heteroatoms. The molecule has 1 unspecified atom stereocenters. The Labute approximate surface area is 163 Å². The molecule has 0 aliphatic rings. The third kappa shape index (κ3) is 3.98. The van der Waals surface area contributed by atoms with Crippen molar-refractivity contribution >= 4 is 17.2 Å². The van der Waals surface area contributed by atoms with Gasteiger partial charge >= 0.3 is 0 Å². The Morgan fingerprint density at radius 1 is 1.04 bits per heavy atom. The number of aryl methyl sites for hydroxylation is 1. The van der Waals surface area contributed by atoms with Crippen LogP contribution < -0.4 is 14.8 Å². The third-order valence-corrected chi connectivity index (χ3v) is 5.45. The van der Waals surface area contributed by atoms with E-state index in [0.717, 1.165) is 21.6 Å². The number of amides is 1. The Morgan fingerprint density at radius 2 is 1.74 bits per heavy atom. The lowest BCUT2D eigenvalue weighted by molar-refractivity contribution is 0.0941. The fourth-order valence-corrected chi connectivity index (χ4v) is 3.93. The average molecular weight is 381 g/mol. The predicted octanol–water partition coefficient (Wildman–Crippen LogP) is 5.23. The van der Waals surface area contributed by atoms with Crippen molar-refractivity contribution in [1.29, 1.82) is 0 Å². The molecule has 3 rings (SSSR count). The lowest BCUT2D eigenvalue weighted by Crippen LogP contribution is -2.26. The first-order chi connectivity index (χ1) is 13.0. The zero-order chi connectivity index (χ0) is 19.4. The standard InChI is InChI=1S/C22H23NO3S/c1-14(17-10-11-19(25-3)20(12-17)26-4)23-22(24)18-13-27-15(2)21(18)16-8-6-5-7-9-16/h5-14H,1-4H3,(H,23,24). The van der Waals surface area contributed by atoms with Crippen LogP contribution >= 0.6 is 11.3 Å². The second-order valence-corrected chi connectivity index (χ2v) is 7.34. The second-order valence-electron chi connectivity index (χ2n) is 6.26. The van der Waals surface area contributed by atoms with Crippen molar-refractivity contribution in [1.82, 2.24) is 5.32 Å². The van der Waals surface area contributed by atoms with Gasteiger partial charge < -0.3 is 14.8 Å². The summed E-state index contributed by atoms with van der Waals surface area (Å²) >= 11 is 1.59. The molecule has 27 heavy (non-hydrogen) atoms. The van der Waals surface area contributed by atoms with Gasteiger partial charge in [0.25, 0.3) is 5.91 Å². The Hall–Kier alpha value is -2.79. The Morgan fingerprint density at radius 3 is 2.41 bits per heavy atom. The van der Waals surface area contributed by atoms with Crippen molar-refractivity contribution in [2.75, 3.05) is 14.2 Å². The lowest BCUT2D eigenvalue weighted by atomic mass is 10.0. The maximum Gasteiger partial charge on any atom is 0.253 e. The number of hydrogen-bond donors (Lipinski definition) is 1. The minimum atomic E-state index is -0.166. The fourth-order valence-electron chi connectivity index (χ4n) is 3.07. The van der Waals surface area contributed by atoms with Crippen molar-refractivity contribution in [3.63, 3.8) is 0 Å². The number of thiophene rings is 1. The van der Waals surface area contributed by atoms with Gasteiger partial charge in [-0.1, -0.05) is 36.4 Å². The molecule has 1 heterocycles. The van der Waals surface area contributed by atoms with E-state index in [2.05, 4.69) is 5.32 Å². The number of ether oxygens (including phenoxy) is 2. The summed E-state index contributed by atoms with van der Waals surface area (Å²) in [6, 6.07) is 15.5. The minimum absolute atomic E-state index is 0.0829. The first-order valence-corrected chi connectivity index (χ1v) is 9.59. The summed E-state index contributed by atoms with van der Waals surface area (Å²) in [6.45, 7) is 4.00. The molecule has 0 aliphatic carbocycles. The lowest BCUT2D eigenvalue weighted by Gasteiger charge is -2.17. The summed E-state index contributed by atoms with van der Waals surface area (Å²) in [5, 5.41) is 5.02. The van der Waals surface area contributed by atoms with E-state index in [1.807, 2.05) is 67.8 Å². The first kappa shape index (κ1) is 19.0. The quantitative estimate of drug-likeness (QED) is 0.636. The number of rotatable bonds is 6. The van der Waals surface area contributed by atoms with Gasteiger partial charge in [0.15, 0.2) is 11.5 Å². The molecular weight excluding hydrogens is 358 g/mol. The molecule has 3 aromatic rings. The highest BCUT2D eigenvalue weighted by Gasteiger charge is 2.19. The largest absolute Gasteiger partial charge is 0.493 e. The average Bonchev–Trinajstić information content (AvgIpc) is 3.09. The van der Waals surface area contributed by atoms with Gasteiger partial charge in [-0.2, -0.15) is 0 Å². The summed E-state index contributed by atoms with van der Waals surface area (Å²) in [6.07, 6.45) is 0. The van der Waals surface area contributed by atoms with E-state index in [1.165, 1.54) is 0 Å².